The number of nitriles is 1. The summed E-state index contributed by atoms with van der Waals surface area (Å²) in [5.74, 6) is -5.96. The van der Waals surface area contributed by atoms with Crippen LogP contribution in [0.15, 0.2) is 18.2 Å². The average Bonchev–Trinajstić information content (AvgIpc) is 3.21. The summed E-state index contributed by atoms with van der Waals surface area (Å²) in [6.07, 6.45) is -6.88. The number of carbonyl (C=O) groups is 5. The summed E-state index contributed by atoms with van der Waals surface area (Å²) in [5, 5.41) is 16.1. The van der Waals surface area contributed by atoms with Gasteiger partial charge >= 0.3 is 12.1 Å². The van der Waals surface area contributed by atoms with E-state index in [2.05, 4.69) is 10.6 Å². The molecule has 5 amide bonds. The summed E-state index contributed by atoms with van der Waals surface area (Å²) in [5.41, 5.74) is 4.36. The molecule has 2 fully saturated rings. The van der Waals surface area contributed by atoms with Crippen molar-refractivity contribution in [1.29, 1.82) is 5.26 Å². The van der Waals surface area contributed by atoms with Crippen LogP contribution in [0.5, 0.6) is 5.75 Å². The predicted molar refractivity (Wildman–Crippen MR) is 144 cm³/mol. The minimum absolute atomic E-state index is 0.0520. The first-order valence-electron chi connectivity index (χ1n) is 13.6. The van der Waals surface area contributed by atoms with Gasteiger partial charge in [-0.2, -0.15) is 18.4 Å². The molecule has 232 valence electrons. The molecule has 5 N–H and O–H groups in total. The van der Waals surface area contributed by atoms with Crippen molar-refractivity contribution in [3.8, 4) is 11.8 Å². The van der Waals surface area contributed by atoms with Gasteiger partial charge in [0.15, 0.2) is 6.10 Å². The highest BCUT2D eigenvalue weighted by molar-refractivity contribution is 6.00. The molecule has 43 heavy (non-hydrogen) atoms. The first-order chi connectivity index (χ1) is 19.8. The van der Waals surface area contributed by atoms with Crippen molar-refractivity contribution >= 4 is 35.2 Å². The highest BCUT2D eigenvalue weighted by Crippen LogP contribution is 2.65. The van der Waals surface area contributed by atoms with E-state index in [9.17, 15) is 42.4 Å². The average molecular weight is 607 g/mol. The first kappa shape index (κ1) is 31.6. The fraction of sp³-hybridized carbons (Fsp3) is 0.571. The Morgan fingerprint density at radius 2 is 1.86 bits per heavy atom. The Morgan fingerprint density at radius 1 is 1.21 bits per heavy atom. The maximum atomic E-state index is 13.7. The van der Waals surface area contributed by atoms with Crippen LogP contribution in [-0.2, 0) is 24.0 Å². The van der Waals surface area contributed by atoms with E-state index in [1.807, 2.05) is 19.9 Å². The molecule has 0 spiro atoms. The first-order valence-corrected chi connectivity index (χ1v) is 13.6. The van der Waals surface area contributed by atoms with Gasteiger partial charge in [-0.25, -0.2) is 0 Å². The van der Waals surface area contributed by atoms with Gasteiger partial charge in [-0.15, -0.1) is 0 Å². The van der Waals surface area contributed by atoms with Crippen molar-refractivity contribution in [2.45, 2.75) is 71.4 Å². The molecular weight excluding hydrogens is 573 g/mol. The van der Waals surface area contributed by atoms with Crippen molar-refractivity contribution in [3.05, 3.63) is 23.8 Å². The lowest BCUT2D eigenvalue weighted by atomic mass is 9.85. The van der Waals surface area contributed by atoms with Crippen LogP contribution in [0.2, 0.25) is 0 Å². The van der Waals surface area contributed by atoms with Crippen LogP contribution < -0.4 is 26.4 Å². The van der Waals surface area contributed by atoms with Crippen molar-refractivity contribution in [1.82, 2.24) is 15.5 Å². The van der Waals surface area contributed by atoms with Crippen LogP contribution in [0.25, 0.3) is 0 Å². The van der Waals surface area contributed by atoms with Crippen LogP contribution in [0, 0.1) is 34.0 Å². The molecule has 4 rings (SSSR count). The van der Waals surface area contributed by atoms with E-state index in [1.165, 1.54) is 32.9 Å². The number of para-hydroxylation sites is 1. The number of alkyl halides is 3. The summed E-state index contributed by atoms with van der Waals surface area (Å²) in [7, 11) is 0. The van der Waals surface area contributed by atoms with Gasteiger partial charge in [-0.3, -0.25) is 24.0 Å². The van der Waals surface area contributed by atoms with Gasteiger partial charge in [0.05, 0.1) is 5.56 Å². The number of piperidine rings is 1. The summed E-state index contributed by atoms with van der Waals surface area (Å²) in [4.78, 5) is 65.5. The number of amides is 5. The van der Waals surface area contributed by atoms with E-state index in [4.69, 9.17) is 10.5 Å². The number of ether oxygens (including phenoxy) is 1. The fourth-order valence-corrected chi connectivity index (χ4v) is 5.98. The van der Waals surface area contributed by atoms with Gasteiger partial charge in [0.2, 0.25) is 17.7 Å². The number of nitrogens with two attached hydrogens (primary N) is 1. The van der Waals surface area contributed by atoms with Crippen molar-refractivity contribution in [3.63, 3.8) is 0 Å². The Labute approximate surface area is 245 Å². The van der Waals surface area contributed by atoms with Gasteiger partial charge in [0.1, 0.15) is 35.6 Å². The summed E-state index contributed by atoms with van der Waals surface area (Å²) in [6, 6.07) is 2.26. The number of hydrogen-bond acceptors (Lipinski definition) is 7. The predicted octanol–water partition coefficient (Wildman–Crippen LogP) is 1.19. The number of hydrogen-bond donors (Lipinski definition) is 4. The lowest BCUT2D eigenvalue weighted by Gasteiger charge is -2.38. The van der Waals surface area contributed by atoms with Gasteiger partial charge in [-0.05, 0) is 34.8 Å². The minimum atomic E-state index is -5.23. The number of nitrogens with one attached hydrogen (secondary N) is 3. The van der Waals surface area contributed by atoms with Crippen LogP contribution >= 0.6 is 0 Å². The highest BCUT2D eigenvalue weighted by Gasteiger charge is 2.70. The molecule has 15 heteroatoms. The largest absolute Gasteiger partial charge is 0.478 e. The lowest BCUT2D eigenvalue weighted by molar-refractivity contribution is -0.176. The SMILES string of the molecule is CC(C)(C)C(NC(=O)C(F)(F)F)C(=O)N1C[C@H]2[C@@H]([C@H]1C(=O)NC(C[C@@H]1Oc3cccc(C#N)c3NC1=O)C(N)=O)C2(C)C. The molecule has 1 saturated carbocycles. The smallest absolute Gasteiger partial charge is 0.471 e. The fourth-order valence-electron chi connectivity index (χ4n) is 5.98. The number of fused-ring (bicyclic) bond motifs is 2. The van der Waals surface area contributed by atoms with Crippen molar-refractivity contribution < 1.29 is 41.9 Å². The Morgan fingerprint density at radius 3 is 2.42 bits per heavy atom. The van der Waals surface area contributed by atoms with Crippen LogP contribution in [-0.4, -0.2) is 71.4 Å². The van der Waals surface area contributed by atoms with E-state index in [0.29, 0.717) is 0 Å². The third-order valence-electron chi connectivity index (χ3n) is 8.47. The van der Waals surface area contributed by atoms with Crippen LogP contribution in [0.3, 0.4) is 0 Å². The van der Waals surface area contributed by atoms with E-state index >= 15 is 0 Å². The second-order valence-electron chi connectivity index (χ2n) is 12.7. The molecule has 12 nitrogen and oxygen atoms in total. The van der Waals surface area contributed by atoms with Crippen LogP contribution in [0.1, 0.15) is 46.6 Å². The third-order valence-corrected chi connectivity index (χ3v) is 8.47. The molecule has 0 radical (unpaired) electrons. The number of rotatable bonds is 7. The number of likely N-dealkylation sites (tertiary alicyclic amines) is 1. The molecule has 2 unspecified atom stereocenters. The van der Waals surface area contributed by atoms with Gasteiger partial charge in [-0.1, -0.05) is 40.7 Å². The zero-order valence-corrected chi connectivity index (χ0v) is 24.2. The van der Waals surface area contributed by atoms with Crippen molar-refractivity contribution in [2.24, 2.45) is 28.4 Å². The summed E-state index contributed by atoms with van der Waals surface area (Å²) >= 11 is 0. The molecule has 1 aromatic carbocycles. The number of benzene rings is 1. The Balaban J connectivity index is 1.55. The van der Waals surface area contributed by atoms with E-state index < -0.39 is 65.4 Å². The maximum Gasteiger partial charge on any atom is 0.471 e. The molecular formula is C28H33F3N6O6. The monoisotopic (exact) mass is 606 g/mol. The van der Waals surface area contributed by atoms with E-state index in [-0.39, 0.29) is 47.2 Å². The van der Waals surface area contributed by atoms with Gasteiger partial charge in [0.25, 0.3) is 5.91 Å². The molecule has 0 bridgehead atoms. The molecule has 2 aliphatic heterocycles. The number of nitrogens with zero attached hydrogens (tertiary/aromatic N) is 2. The normalized spacial score (nSPS) is 25.1. The summed E-state index contributed by atoms with van der Waals surface area (Å²) < 4.78 is 44.9. The lowest BCUT2D eigenvalue weighted by Crippen LogP contribution is -2.61. The molecule has 3 aliphatic rings. The molecule has 1 aliphatic carbocycles. The molecule has 1 saturated heterocycles. The topological polar surface area (TPSA) is 184 Å². The minimum Gasteiger partial charge on any atom is -0.478 e. The Hall–Kier alpha value is -4.35. The quantitative estimate of drug-likeness (QED) is 0.359. The van der Waals surface area contributed by atoms with Gasteiger partial charge in [0, 0.05) is 13.0 Å². The zero-order chi connectivity index (χ0) is 32.2. The Bertz CT molecular complexity index is 1410. The second-order valence-corrected chi connectivity index (χ2v) is 12.7. The highest BCUT2D eigenvalue weighted by atomic mass is 19.4. The number of halogens is 3. The second kappa shape index (κ2) is 10.7. The van der Waals surface area contributed by atoms with E-state index in [1.54, 1.807) is 11.4 Å². The molecule has 0 aromatic heterocycles. The number of primary amides is 1. The zero-order valence-electron chi connectivity index (χ0n) is 24.2. The maximum absolute atomic E-state index is 13.7. The molecule has 1 aromatic rings. The standard InChI is InChI=1S/C28H33F3N6O6/c1-26(2,3)20(36-25(42)28(29,30)31)24(41)37-11-13-17(27(13,4)5)19(37)23(40)34-14(21(33)38)9-16-22(39)35-18-12(10-32)7-6-8-15(18)43-16/h6-8,13-14,16-17,19-20H,9,11H2,1-5H3,(H2,33,38)(H,34,40)(H,35,39)(H,36,42)/t13-,14?,16-,17-,19-,20?/m0/s1. The van der Waals surface area contributed by atoms with Crippen LogP contribution in [0.4, 0.5) is 18.9 Å². The summed E-state index contributed by atoms with van der Waals surface area (Å²) in [6.45, 7) is 8.27. The molecule has 6 atom stereocenters. The molecule has 2 heterocycles. The number of anilines is 1. The Kier molecular flexibility index (Phi) is 7.88. The van der Waals surface area contributed by atoms with Crippen molar-refractivity contribution in [2.75, 3.05) is 11.9 Å². The van der Waals surface area contributed by atoms with Gasteiger partial charge < -0.3 is 31.3 Å². The van der Waals surface area contributed by atoms with E-state index in [0.717, 1.165) is 4.90 Å². The number of carbonyl (C=O) groups excluding carboxylic acids is 5. The third kappa shape index (κ3) is 5.95.